The second-order valence-corrected chi connectivity index (χ2v) is 13.1. The lowest BCUT2D eigenvalue weighted by atomic mass is 9.95. The van der Waals surface area contributed by atoms with E-state index in [2.05, 4.69) is 5.32 Å². The Morgan fingerprint density at radius 2 is 1.56 bits per heavy atom. The van der Waals surface area contributed by atoms with Crippen LogP contribution in [0.2, 0.25) is 10.0 Å². The van der Waals surface area contributed by atoms with Gasteiger partial charge in [-0.1, -0.05) is 84.4 Å². The van der Waals surface area contributed by atoms with Gasteiger partial charge in [-0.05, 0) is 68.7 Å². The van der Waals surface area contributed by atoms with Crippen molar-refractivity contribution in [3.05, 3.63) is 94.0 Å². The Bertz CT molecular complexity index is 1460. The third-order valence-corrected chi connectivity index (χ3v) is 9.74. The van der Waals surface area contributed by atoms with Crippen LogP contribution >= 0.6 is 23.2 Å². The molecular weight excluding hydrogens is 581 g/mol. The molecule has 1 unspecified atom stereocenters. The monoisotopic (exact) mass is 615 g/mol. The molecule has 2 amide bonds. The third kappa shape index (κ3) is 7.82. The van der Waals surface area contributed by atoms with E-state index in [0.717, 1.165) is 47.5 Å². The molecule has 1 saturated carbocycles. The first-order valence-corrected chi connectivity index (χ1v) is 15.9. The molecule has 218 valence electrons. The van der Waals surface area contributed by atoms with Crippen LogP contribution in [0.3, 0.4) is 0 Å². The summed E-state index contributed by atoms with van der Waals surface area (Å²) in [5.74, 6) is -0.813. The minimum Gasteiger partial charge on any atom is -0.352 e. The van der Waals surface area contributed by atoms with Gasteiger partial charge in [0, 0.05) is 17.6 Å². The number of para-hydroxylation sites is 1. The number of nitrogens with zero attached hydrogens (tertiary/aromatic N) is 2. The summed E-state index contributed by atoms with van der Waals surface area (Å²) in [7, 11) is -4.19. The lowest BCUT2D eigenvalue weighted by molar-refractivity contribution is -0.139. The molecule has 41 heavy (non-hydrogen) atoms. The number of anilines is 1. The first-order chi connectivity index (χ1) is 19.6. The Hall–Kier alpha value is -3.07. The molecule has 0 bridgehead atoms. The molecule has 0 aliphatic heterocycles. The summed E-state index contributed by atoms with van der Waals surface area (Å²) in [5, 5.41) is 3.83. The van der Waals surface area contributed by atoms with Crippen molar-refractivity contribution < 1.29 is 18.0 Å². The molecule has 1 aliphatic carbocycles. The number of benzene rings is 3. The van der Waals surface area contributed by atoms with Gasteiger partial charge < -0.3 is 10.2 Å². The minimum atomic E-state index is -4.19. The Morgan fingerprint density at radius 3 is 2.20 bits per heavy atom. The second-order valence-electron chi connectivity index (χ2n) is 10.4. The fourth-order valence-electron chi connectivity index (χ4n) is 4.94. The Kier molecular flexibility index (Phi) is 10.3. The number of sulfonamides is 1. The molecule has 0 aromatic heterocycles. The number of nitrogens with one attached hydrogen (secondary N) is 1. The lowest BCUT2D eigenvalue weighted by Gasteiger charge is -2.33. The van der Waals surface area contributed by atoms with Gasteiger partial charge in [-0.25, -0.2) is 8.42 Å². The van der Waals surface area contributed by atoms with Crippen LogP contribution in [0.1, 0.15) is 50.2 Å². The van der Waals surface area contributed by atoms with Crippen LogP contribution in [0.25, 0.3) is 0 Å². The summed E-state index contributed by atoms with van der Waals surface area (Å²) < 4.78 is 28.9. The topological polar surface area (TPSA) is 86.8 Å². The predicted octanol–water partition coefficient (Wildman–Crippen LogP) is 6.36. The maximum atomic E-state index is 14.1. The Labute approximate surface area is 252 Å². The first-order valence-electron chi connectivity index (χ1n) is 13.7. The lowest BCUT2D eigenvalue weighted by Crippen LogP contribution is -2.53. The van der Waals surface area contributed by atoms with E-state index in [0.29, 0.717) is 5.02 Å². The minimum absolute atomic E-state index is 0.0307. The highest BCUT2D eigenvalue weighted by atomic mass is 35.5. The highest BCUT2D eigenvalue weighted by Gasteiger charge is 2.34. The van der Waals surface area contributed by atoms with Gasteiger partial charge in [-0.3, -0.25) is 13.9 Å². The van der Waals surface area contributed by atoms with Crippen LogP contribution in [0.5, 0.6) is 0 Å². The number of amides is 2. The molecule has 0 radical (unpaired) electrons. The SMILES string of the molecule is Cc1ccc(S(=O)(=O)N(CC(=O)N(Cc2ccc(Cl)cc2)C(C)C(=O)NC2CCCCC2)c2ccccc2Cl)cc1. The number of hydrogen-bond acceptors (Lipinski definition) is 4. The summed E-state index contributed by atoms with van der Waals surface area (Å²) in [6, 6.07) is 19.1. The van der Waals surface area contributed by atoms with E-state index in [1.807, 2.05) is 6.92 Å². The van der Waals surface area contributed by atoms with Crippen molar-refractivity contribution in [2.24, 2.45) is 0 Å². The maximum absolute atomic E-state index is 14.1. The number of carbonyl (C=O) groups is 2. The van der Waals surface area contributed by atoms with Gasteiger partial charge in [0.1, 0.15) is 12.6 Å². The van der Waals surface area contributed by atoms with Gasteiger partial charge in [0.2, 0.25) is 11.8 Å². The average Bonchev–Trinajstić information content (AvgIpc) is 2.96. The molecule has 4 rings (SSSR count). The van der Waals surface area contributed by atoms with Crippen LogP contribution in [-0.2, 0) is 26.2 Å². The summed E-state index contributed by atoms with van der Waals surface area (Å²) in [6.45, 7) is 3.07. The van der Waals surface area contributed by atoms with Crippen molar-refractivity contribution in [2.75, 3.05) is 10.8 Å². The molecule has 0 spiro atoms. The number of halogens is 2. The molecule has 1 fully saturated rings. The van der Waals surface area contributed by atoms with Crippen LogP contribution in [-0.4, -0.2) is 43.8 Å². The van der Waals surface area contributed by atoms with Gasteiger partial charge in [0.25, 0.3) is 10.0 Å². The Morgan fingerprint density at radius 1 is 0.927 bits per heavy atom. The van der Waals surface area contributed by atoms with Gasteiger partial charge >= 0.3 is 0 Å². The highest BCUT2D eigenvalue weighted by Crippen LogP contribution is 2.31. The molecule has 1 atom stereocenters. The van der Waals surface area contributed by atoms with Crippen molar-refractivity contribution in [3.63, 3.8) is 0 Å². The maximum Gasteiger partial charge on any atom is 0.264 e. The van der Waals surface area contributed by atoms with Crippen LogP contribution in [0.15, 0.2) is 77.7 Å². The fraction of sp³-hybridized carbons (Fsp3) is 0.355. The molecular formula is C31H35Cl2N3O4S. The van der Waals surface area contributed by atoms with Crippen molar-refractivity contribution in [1.82, 2.24) is 10.2 Å². The predicted molar refractivity (Wildman–Crippen MR) is 164 cm³/mol. The van der Waals surface area contributed by atoms with E-state index in [9.17, 15) is 18.0 Å². The van der Waals surface area contributed by atoms with Gasteiger partial charge in [-0.15, -0.1) is 0 Å². The highest BCUT2D eigenvalue weighted by molar-refractivity contribution is 7.92. The second kappa shape index (κ2) is 13.7. The average molecular weight is 617 g/mol. The van der Waals surface area contributed by atoms with Gasteiger partial charge in [0.15, 0.2) is 0 Å². The molecule has 1 aliphatic rings. The van der Waals surface area contributed by atoms with Crippen molar-refractivity contribution in [1.29, 1.82) is 0 Å². The van der Waals surface area contributed by atoms with E-state index < -0.39 is 28.5 Å². The van der Waals surface area contributed by atoms with Crippen LogP contribution in [0.4, 0.5) is 5.69 Å². The smallest absolute Gasteiger partial charge is 0.264 e. The normalized spacial score (nSPS) is 14.7. The molecule has 1 N–H and O–H groups in total. The summed E-state index contributed by atoms with van der Waals surface area (Å²) in [5.41, 5.74) is 1.83. The summed E-state index contributed by atoms with van der Waals surface area (Å²) in [6.07, 6.45) is 5.06. The molecule has 3 aromatic rings. The van der Waals surface area contributed by atoms with E-state index in [4.69, 9.17) is 23.2 Å². The molecule has 0 saturated heterocycles. The van der Waals surface area contributed by atoms with E-state index in [1.54, 1.807) is 67.6 Å². The number of carbonyl (C=O) groups excluding carboxylic acids is 2. The van der Waals surface area contributed by atoms with Crippen molar-refractivity contribution >= 4 is 50.7 Å². The molecule has 3 aromatic carbocycles. The summed E-state index contributed by atoms with van der Waals surface area (Å²) >= 11 is 12.5. The molecule has 7 nitrogen and oxygen atoms in total. The largest absolute Gasteiger partial charge is 0.352 e. The standard InChI is InChI=1S/C31H35Cl2N3O4S/c1-22-12-18-27(19-13-22)41(39,40)36(29-11-7-6-10-28(29)33)21-30(37)35(20-24-14-16-25(32)17-15-24)23(2)31(38)34-26-8-4-3-5-9-26/h6-7,10-19,23,26H,3-5,8-9,20-21H2,1-2H3,(H,34,38). The van der Waals surface area contributed by atoms with E-state index in [-0.39, 0.29) is 34.1 Å². The first kappa shape index (κ1) is 30.9. The Balaban J connectivity index is 1.68. The summed E-state index contributed by atoms with van der Waals surface area (Å²) in [4.78, 5) is 28.9. The zero-order valence-electron chi connectivity index (χ0n) is 23.2. The fourth-order valence-corrected chi connectivity index (χ4v) is 6.79. The van der Waals surface area contributed by atoms with Crippen LogP contribution in [0, 0.1) is 6.92 Å². The third-order valence-electron chi connectivity index (χ3n) is 7.39. The van der Waals surface area contributed by atoms with Crippen molar-refractivity contribution in [2.45, 2.75) is 69.5 Å². The van der Waals surface area contributed by atoms with E-state index in [1.165, 1.54) is 17.0 Å². The van der Waals surface area contributed by atoms with Crippen molar-refractivity contribution in [3.8, 4) is 0 Å². The zero-order valence-corrected chi connectivity index (χ0v) is 25.6. The van der Waals surface area contributed by atoms with Gasteiger partial charge in [0.05, 0.1) is 15.6 Å². The van der Waals surface area contributed by atoms with Crippen LogP contribution < -0.4 is 9.62 Å². The number of aryl methyl sites for hydroxylation is 1. The molecule has 0 heterocycles. The quantitative estimate of drug-likeness (QED) is 0.287. The number of hydrogen-bond donors (Lipinski definition) is 1. The van der Waals surface area contributed by atoms with Gasteiger partial charge in [-0.2, -0.15) is 0 Å². The molecule has 10 heteroatoms. The zero-order chi connectivity index (χ0) is 29.6. The van der Waals surface area contributed by atoms with E-state index >= 15 is 0 Å². The number of rotatable bonds is 10.